The highest BCUT2D eigenvalue weighted by Gasteiger charge is 2.70. The lowest BCUT2D eigenvalue weighted by Crippen LogP contribution is -2.65. The molecule has 284 valence electrons. The summed E-state index contributed by atoms with van der Waals surface area (Å²) in [5, 5.41) is 12.5. The highest BCUT2D eigenvalue weighted by Crippen LogP contribution is 2.77. The van der Waals surface area contributed by atoms with Gasteiger partial charge in [0.05, 0.1) is 11.8 Å². The molecular formula is C44H60FNO6. The average molecular weight is 718 g/mol. The van der Waals surface area contributed by atoms with Crippen LogP contribution in [0.25, 0.3) is 0 Å². The second kappa shape index (κ2) is 12.9. The molecule has 4 saturated carbocycles. The first-order chi connectivity index (χ1) is 24.1. The maximum absolute atomic E-state index is 13.9. The second-order valence-corrected chi connectivity index (χ2v) is 19.4. The minimum atomic E-state index is -1.18. The van der Waals surface area contributed by atoms with Crippen molar-refractivity contribution in [3.63, 3.8) is 0 Å². The average Bonchev–Trinajstić information content (AvgIpc) is 3.35. The van der Waals surface area contributed by atoms with Gasteiger partial charge in [0, 0.05) is 29.0 Å². The Morgan fingerprint density at radius 2 is 1.62 bits per heavy atom. The van der Waals surface area contributed by atoms with E-state index in [1.165, 1.54) is 17.7 Å². The van der Waals surface area contributed by atoms with E-state index in [9.17, 15) is 28.7 Å². The molecule has 6 rings (SSSR count). The number of hydrogen-bond acceptors (Lipinski definition) is 5. The van der Waals surface area contributed by atoms with E-state index in [1.54, 1.807) is 32.1 Å². The number of hydrogen-bond donors (Lipinski definition) is 2. The summed E-state index contributed by atoms with van der Waals surface area (Å²) in [5.74, 6) is -0.732. The normalized spacial score (nSPS) is 36.9. The maximum atomic E-state index is 13.9. The number of halogens is 1. The zero-order valence-corrected chi connectivity index (χ0v) is 32.8. The lowest BCUT2D eigenvalue weighted by molar-refractivity contribution is -0.232. The van der Waals surface area contributed by atoms with Crippen LogP contribution in [0.4, 0.5) is 10.1 Å². The summed E-state index contributed by atoms with van der Waals surface area (Å²) in [6.45, 7) is 19.4. The van der Waals surface area contributed by atoms with Gasteiger partial charge >= 0.3 is 11.9 Å². The van der Waals surface area contributed by atoms with Crippen LogP contribution in [-0.2, 0) is 23.9 Å². The Labute approximate surface area is 309 Å². The molecule has 52 heavy (non-hydrogen) atoms. The van der Waals surface area contributed by atoms with Gasteiger partial charge in [-0.25, -0.2) is 4.39 Å². The summed E-state index contributed by atoms with van der Waals surface area (Å²) in [4.78, 5) is 51.9. The molecule has 8 heteroatoms. The Balaban J connectivity index is 1.28. The van der Waals surface area contributed by atoms with Crippen LogP contribution < -0.4 is 5.32 Å². The number of rotatable bonds is 8. The van der Waals surface area contributed by atoms with E-state index in [0.717, 1.165) is 56.9 Å². The fourth-order valence-corrected chi connectivity index (χ4v) is 12.6. The minimum Gasteiger partial charge on any atom is -0.481 e. The lowest BCUT2D eigenvalue weighted by Gasteiger charge is -2.72. The molecule has 2 N–H and O–H groups in total. The fraction of sp³-hybridized carbons (Fsp3) is 0.682. The van der Waals surface area contributed by atoms with Gasteiger partial charge in [-0.2, -0.15) is 0 Å². The van der Waals surface area contributed by atoms with E-state index in [1.807, 2.05) is 6.08 Å². The predicted molar refractivity (Wildman–Crippen MR) is 200 cm³/mol. The number of allylic oxidation sites excluding steroid dienone is 3. The van der Waals surface area contributed by atoms with Crippen molar-refractivity contribution < 1.29 is 33.4 Å². The maximum Gasteiger partial charge on any atom is 0.309 e. The van der Waals surface area contributed by atoms with Gasteiger partial charge in [0.2, 0.25) is 5.91 Å². The molecule has 0 aliphatic heterocycles. The summed E-state index contributed by atoms with van der Waals surface area (Å²) in [6, 6.07) is 5.74. The standard InChI is InChI=1S/C44H60FNO6/c1-26(2)36-30(47)24-44(21-18-34(48)46-28-12-10-27(45)11-13-28)23-22-42(8)29(37(36)44)14-15-32-41(7)19-17-33(52-35(49)25-39(3,4)38(50)51)40(5,6)31(41)16-20-43(32,42)9/h10-13,18,21,26,29,31-33H,14-17,19-20,22-25H2,1-9H3,(H,46,48)(H,50,51)/t29-,31+,32-,33+,41+,42-,43-,44+/m1/s1. The van der Waals surface area contributed by atoms with Crippen LogP contribution in [0.2, 0.25) is 0 Å². The van der Waals surface area contributed by atoms with Crippen molar-refractivity contribution in [1.29, 1.82) is 0 Å². The SMILES string of the molecule is CC(C)C1=C2[C@H]3CC[C@@H]4[C@@]5(C)CC[C@H](OC(=O)CC(C)(C)C(=O)O)C(C)(C)[C@@H]5CC[C@@]4(C)[C@]3(C)CC[C@@]2(C=CC(=O)Nc2ccc(F)cc2)CC1=O. The van der Waals surface area contributed by atoms with Crippen LogP contribution in [-0.4, -0.2) is 34.8 Å². The van der Waals surface area contributed by atoms with Crippen molar-refractivity contribution in [1.82, 2.24) is 0 Å². The Kier molecular flexibility index (Phi) is 9.56. The summed E-state index contributed by atoms with van der Waals surface area (Å²) >= 11 is 0. The summed E-state index contributed by atoms with van der Waals surface area (Å²) < 4.78 is 19.6. The van der Waals surface area contributed by atoms with Crippen LogP contribution >= 0.6 is 0 Å². The topological polar surface area (TPSA) is 110 Å². The Bertz CT molecular complexity index is 1710. The quantitative estimate of drug-likeness (QED) is 0.205. The van der Waals surface area contributed by atoms with E-state index < -0.39 is 22.8 Å². The number of nitrogens with one attached hydrogen (secondary N) is 1. The molecule has 0 spiro atoms. The van der Waals surface area contributed by atoms with Crippen molar-refractivity contribution in [2.24, 2.45) is 56.2 Å². The van der Waals surface area contributed by atoms with E-state index in [0.29, 0.717) is 23.9 Å². The van der Waals surface area contributed by atoms with E-state index in [4.69, 9.17) is 4.74 Å². The highest BCUT2D eigenvalue weighted by molar-refractivity contribution is 6.02. The van der Waals surface area contributed by atoms with Crippen LogP contribution in [0.3, 0.4) is 0 Å². The molecule has 0 aromatic heterocycles. The molecule has 1 aromatic carbocycles. The number of amides is 1. The minimum absolute atomic E-state index is 0.0306. The molecule has 5 aliphatic rings. The molecule has 0 radical (unpaired) electrons. The van der Waals surface area contributed by atoms with E-state index >= 15 is 0 Å². The van der Waals surface area contributed by atoms with E-state index in [-0.39, 0.29) is 63.5 Å². The van der Waals surface area contributed by atoms with Gasteiger partial charge in [0.25, 0.3) is 0 Å². The van der Waals surface area contributed by atoms with Crippen LogP contribution in [0, 0.1) is 62.0 Å². The molecule has 4 fully saturated rings. The highest BCUT2D eigenvalue weighted by atomic mass is 19.1. The summed E-state index contributed by atoms with van der Waals surface area (Å²) in [7, 11) is 0. The molecule has 0 heterocycles. The number of aliphatic carboxylic acids is 1. The fourth-order valence-electron chi connectivity index (χ4n) is 12.6. The zero-order valence-electron chi connectivity index (χ0n) is 32.8. The van der Waals surface area contributed by atoms with E-state index in [2.05, 4.69) is 53.8 Å². The van der Waals surface area contributed by atoms with Gasteiger partial charge in [0.15, 0.2) is 5.78 Å². The molecule has 0 unspecified atom stereocenters. The number of carboxylic acid groups (broad SMARTS) is 1. The molecule has 1 aromatic rings. The Morgan fingerprint density at radius 1 is 0.942 bits per heavy atom. The number of benzene rings is 1. The Morgan fingerprint density at radius 3 is 2.25 bits per heavy atom. The number of fused-ring (bicyclic) bond motifs is 7. The molecular weight excluding hydrogens is 657 g/mol. The van der Waals surface area contributed by atoms with Gasteiger partial charge in [-0.3, -0.25) is 19.2 Å². The molecule has 1 amide bonds. The van der Waals surface area contributed by atoms with Gasteiger partial charge in [-0.15, -0.1) is 0 Å². The number of anilines is 1. The first kappa shape index (κ1) is 38.4. The second-order valence-electron chi connectivity index (χ2n) is 19.4. The molecule has 0 saturated heterocycles. The monoisotopic (exact) mass is 717 g/mol. The van der Waals surface area contributed by atoms with Gasteiger partial charge < -0.3 is 15.2 Å². The number of carbonyl (C=O) groups is 4. The molecule has 8 atom stereocenters. The number of ether oxygens (including phenoxy) is 1. The third-order valence-corrected chi connectivity index (χ3v) is 15.5. The van der Waals surface area contributed by atoms with Crippen molar-refractivity contribution in [3.8, 4) is 0 Å². The number of carbonyl (C=O) groups excluding carboxylic acids is 3. The van der Waals surface area contributed by atoms with Gasteiger partial charge in [-0.05, 0) is 141 Å². The van der Waals surface area contributed by atoms with Crippen molar-refractivity contribution in [2.45, 2.75) is 133 Å². The van der Waals surface area contributed by atoms with Crippen molar-refractivity contribution >= 4 is 29.3 Å². The third-order valence-electron chi connectivity index (χ3n) is 15.5. The van der Waals surface area contributed by atoms with Gasteiger partial charge in [-0.1, -0.05) is 54.5 Å². The number of ketones is 1. The first-order valence-corrected chi connectivity index (χ1v) is 19.6. The van der Waals surface area contributed by atoms with Gasteiger partial charge in [0.1, 0.15) is 11.9 Å². The van der Waals surface area contributed by atoms with Crippen molar-refractivity contribution in [2.75, 3.05) is 5.32 Å². The Hall–Kier alpha value is -3.29. The van der Waals surface area contributed by atoms with Crippen LogP contribution in [0.5, 0.6) is 0 Å². The summed E-state index contributed by atoms with van der Waals surface area (Å²) in [5.41, 5.74) is 0.891. The lowest BCUT2D eigenvalue weighted by atomic mass is 9.33. The number of carboxylic acids is 1. The first-order valence-electron chi connectivity index (χ1n) is 19.6. The third kappa shape index (κ3) is 5.98. The predicted octanol–water partition coefficient (Wildman–Crippen LogP) is 9.71. The molecule has 0 bridgehead atoms. The zero-order chi connectivity index (χ0) is 38.2. The number of Topliss-reactive ketones (excluding diaryl/α,β-unsaturated/α-hetero) is 1. The van der Waals surface area contributed by atoms with Crippen LogP contribution in [0.15, 0.2) is 47.6 Å². The summed E-state index contributed by atoms with van der Waals surface area (Å²) in [6.07, 6.45) is 11.3. The van der Waals surface area contributed by atoms with Crippen molar-refractivity contribution in [3.05, 3.63) is 53.4 Å². The molecule has 5 aliphatic carbocycles. The molecule has 7 nitrogen and oxygen atoms in total. The smallest absolute Gasteiger partial charge is 0.309 e. The van der Waals surface area contributed by atoms with Crippen LogP contribution in [0.1, 0.15) is 127 Å². The largest absolute Gasteiger partial charge is 0.481 e. The number of esters is 1.